The fourth-order valence-electron chi connectivity index (χ4n) is 2.39. The smallest absolute Gasteiger partial charge is 0.277 e. The number of ether oxygens (including phenoxy) is 1. The van der Waals surface area contributed by atoms with Crippen LogP contribution in [0.2, 0.25) is 5.02 Å². The summed E-state index contributed by atoms with van der Waals surface area (Å²) in [5.74, 6) is 0.635. The molecule has 0 unspecified atom stereocenters. The molecule has 2 aromatic carbocycles. The van der Waals surface area contributed by atoms with Crippen LogP contribution >= 0.6 is 11.6 Å². The zero-order valence-electron chi connectivity index (χ0n) is 14.7. The zero-order chi connectivity index (χ0) is 19.2. The lowest BCUT2D eigenvalue weighted by molar-refractivity contribution is 0.101. The highest BCUT2D eigenvalue weighted by atomic mass is 35.5. The minimum absolute atomic E-state index is 0.103. The van der Waals surface area contributed by atoms with Gasteiger partial charge in [0.1, 0.15) is 11.5 Å². The van der Waals surface area contributed by atoms with Crippen molar-refractivity contribution in [2.45, 2.75) is 19.8 Å². The molecule has 0 saturated carbocycles. The standard InChI is InChI=1S/C20H19ClN2O4/c1-2-3-9-26-18-8-7-14(11-16(18)21)22-20(25)17-12-19(27-23-17)13-5-4-6-15(24)10-13/h4-8,10-12,24H,2-3,9H2,1H3,(H,22,25). The average molecular weight is 387 g/mol. The van der Waals surface area contributed by atoms with Crippen molar-refractivity contribution in [3.63, 3.8) is 0 Å². The number of nitrogens with one attached hydrogen (secondary N) is 1. The number of halogens is 1. The molecule has 0 atom stereocenters. The van der Waals surface area contributed by atoms with Gasteiger partial charge in [-0.2, -0.15) is 0 Å². The van der Waals surface area contributed by atoms with Gasteiger partial charge >= 0.3 is 0 Å². The number of carbonyl (C=O) groups excluding carboxylic acids is 1. The van der Waals surface area contributed by atoms with Crippen molar-refractivity contribution in [2.24, 2.45) is 0 Å². The fourth-order valence-corrected chi connectivity index (χ4v) is 2.63. The number of anilines is 1. The first-order valence-corrected chi connectivity index (χ1v) is 8.94. The van der Waals surface area contributed by atoms with E-state index in [-0.39, 0.29) is 11.4 Å². The van der Waals surface area contributed by atoms with Crippen molar-refractivity contribution in [3.05, 3.63) is 59.2 Å². The number of aromatic hydroxyl groups is 1. The molecule has 0 bridgehead atoms. The van der Waals surface area contributed by atoms with E-state index in [4.69, 9.17) is 20.9 Å². The number of nitrogens with zero attached hydrogens (tertiary/aromatic N) is 1. The molecule has 0 saturated heterocycles. The molecule has 1 aromatic heterocycles. The molecule has 0 radical (unpaired) electrons. The molecule has 0 aliphatic rings. The van der Waals surface area contributed by atoms with Crippen LogP contribution in [0.25, 0.3) is 11.3 Å². The van der Waals surface area contributed by atoms with Gasteiger partial charge < -0.3 is 19.7 Å². The average Bonchev–Trinajstić information content (AvgIpc) is 3.14. The summed E-state index contributed by atoms with van der Waals surface area (Å²) in [7, 11) is 0. The van der Waals surface area contributed by atoms with Crippen LogP contribution in [-0.4, -0.2) is 22.8 Å². The number of carbonyl (C=O) groups is 1. The van der Waals surface area contributed by atoms with Gasteiger partial charge in [0, 0.05) is 17.3 Å². The topological polar surface area (TPSA) is 84.6 Å². The Balaban J connectivity index is 1.68. The zero-order valence-corrected chi connectivity index (χ0v) is 15.5. The molecule has 140 valence electrons. The van der Waals surface area contributed by atoms with Gasteiger partial charge in [-0.25, -0.2) is 0 Å². The van der Waals surface area contributed by atoms with E-state index in [1.54, 1.807) is 36.4 Å². The van der Waals surface area contributed by atoms with E-state index < -0.39 is 5.91 Å². The highest BCUT2D eigenvalue weighted by Crippen LogP contribution is 2.28. The fraction of sp³-hybridized carbons (Fsp3) is 0.200. The molecule has 7 heteroatoms. The number of hydrogen-bond acceptors (Lipinski definition) is 5. The Morgan fingerprint density at radius 1 is 1.26 bits per heavy atom. The molecule has 0 aliphatic heterocycles. The molecular weight excluding hydrogens is 368 g/mol. The van der Waals surface area contributed by atoms with E-state index in [1.807, 2.05) is 0 Å². The van der Waals surface area contributed by atoms with Crippen LogP contribution in [0, 0.1) is 0 Å². The van der Waals surface area contributed by atoms with Crippen LogP contribution in [0.1, 0.15) is 30.3 Å². The number of amides is 1. The Bertz CT molecular complexity index is 939. The van der Waals surface area contributed by atoms with Crippen molar-refractivity contribution >= 4 is 23.2 Å². The first-order chi connectivity index (χ1) is 13.1. The van der Waals surface area contributed by atoms with Crippen LogP contribution in [-0.2, 0) is 0 Å². The summed E-state index contributed by atoms with van der Waals surface area (Å²) in [6.07, 6.45) is 1.98. The maximum Gasteiger partial charge on any atom is 0.277 e. The second kappa shape index (κ2) is 8.60. The molecule has 6 nitrogen and oxygen atoms in total. The number of unbranched alkanes of at least 4 members (excludes halogenated alkanes) is 1. The van der Waals surface area contributed by atoms with Crippen molar-refractivity contribution < 1.29 is 19.2 Å². The Morgan fingerprint density at radius 3 is 2.85 bits per heavy atom. The number of benzene rings is 2. The minimum atomic E-state index is -0.430. The van der Waals surface area contributed by atoms with E-state index in [2.05, 4.69) is 17.4 Å². The molecule has 3 aromatic rings. The third-order valence-corrected chi connectivity index (χ3v) is 4.11. The summed E-state index contributed by atoms with van der Waals surface area (Å²) in [5, 5.41) is 16.5. The third-order valence-electron chi connectivity index (χ3n) is 3.82. The van der Waals surface area contributed by atoms with E-state index in [9.17, 15) is 9.90 Å². The SMILES string of the molecule is CCCCOc1ccc(NC(=O)c2cc(-c3cccc(O)c3)on2)cc1Cl. The predicted molar refractivity (Wildman–Crippen MR) is 103 cm³/mol. The third kappa shape index (κ3) is 4.80. The molecule has 1 amide bonds. The molecule has 1 heterocycles. The van der Waals surface area contributed by atoms with Crippen LogP contribution in [0.3, 0.4) is 0 Å². The molecule has 2 N–H and O–H groups in total. The highest BCUT2D eigenvalue weighted by molar-refractivity contribution is 6.32. The first kappa shape index (κ1) is 18.8. The summed E-state index contributed by atoms with van der Waals surface area (Å²) >= 11 is 6.20. The molecule has 0 spiro atoms. The number of phenols is 1. The summed E-state index contributed by atoms with van der Waals surface area (Å²) in [5.41, 5.74) is 1.26. The van der Waals surface area contributed by atoms with Gasteiger partial charge in [-0.15, -0.1) is 0 Å². The van der Waals surface area contributed by atoms with Crippen molar-refractivity contribution in [1.82, 2.24) is 5.16 Å². The van der Waals surface area contributed by atoms with Gasteiger partial charge in [-0.1, -0.05) is 42.2 Å². The Hall–Kier alpha value is -2.99. The highest BCUT2D eigenvalue weighted by Gasteiger charge is 2.15. The van der Waals surface area contributed by atoms with Gasteiger partial charge in [0.05, 0.1) is 11.6 Å². The van der Waals surface area contributed by atoms with E-state index in [0.29, 0.717) is 34.4 Å². The van der Waals surface area contributed by atoms with Crippen molar-refractivity contribution in [3.8, 4) is 22.8 Å². The number of aromatic nitrogens is 1. The quantitative estimate of drug-likeness (QED) is 0.550. The lowest BCUT2D eigenvalue weighted by Crippen LogP contribution is -2.12. The lowest BCUT2D eigenvalue weighted by atomic mass is 10.1. The number of rotatable bonds is 7. The van der Waals surface area contributed by atoms with E-state index in [0.717, 1.165) is 12.8 Å². The Morgan fingerprint density at radius 2 is 2.11 bits per heavy atom. The van der Waals surface area contributed by atoms with Crippen LogP contribution in [0.15, 0.2) is 53.1 Å². The summed E-state index contributed by atoms with van der Waals surface area (Å²) < 4.78 is 10.8. The maximum atomic E-state index is 12.4. The predicted octanol–water partition coefficient (Wildman–Crippen LogP) is 5.13. The van der Waals surface area contributed by atoms with Gasteiger partial charge in [-0.3, -0.25) is 4.79 Å². The second-order valence-corrected chi connectivity index (χ2v) is 6.34. The Kier molecular flexibility index (Phi) is 5.98. The number of hydrogen-bond donors (Lipinski definition) is 2. The first-order valence-electron chi connectivity index (χ1n) is 8.56. The lowest BCUT2D eigenvalue weighted by Gasteiger charge is -2.09. The van der Waals surface area contributed by atoms with Gasteiger partial charge in [0.15, 0.2) is 11.5 Å². The van der Waals surface area contributed by atoms with Gasteiger partial charge in [0.25, 0.3) is 5.91 Å². The molecular formula is C20H19ClN2O4. The van der Waals surface area contributed by atoms with Crippen molar-refractivity contribution in [1.29, 1.82) is 0 Å². The minimum Gasteiger partial charge on any atom is -0.508 e. The van der Waals surface area contributed by atoms with Gasteiger partial charge in [0.2, 0.25) is 0 Å². The van der Waals surface area contributed by atoms with E-state index >= 15 is 0 Å². The molecule has 0 fully saturated rings. The second-order valence-electron chi connectivity index (χ2n) is 5.93. The summed E-state index contributed by atoms with van der Waals surface area (Å²) in [4.78, 5) is 12.4. The molecule has 0 aliphatic carbocycles. The summed E-state index contributed by atoms with van der Waals surface area (Å²) in [6.45, 7) is 2.68. The van der Waals surface area contributed by atoms with E-state index in [1.165, 1.54) is 12.1 Å². The monoisotopic (exact) mass is 386 g/mol. The maximum absolute atomic E-state index is 12.4. The largest absolute Gasteiger partial charge is 0.508 e. The normalized spacial score (nSPS) is 10.6. The number of phenolic OH excluding ortho intramolecular Hbond substituents is 1. The Labute approximate surface area is 161 Å². The summed E-state index contributed by atoms with van der Waals surface area (Å²) in [6, 6.07) is 13.1. The van der Waals surface area contributed by atoms with Crippen LogP contribution < -0.4 is 10.1 Å². The van der Waals surface area contributed by atoms with Crippen molar-refractivity contribution in [2.75, 3.05) is 11.9 Å². The molecule has 27 heavy (non-hydrogen) atoms. The van der Waals surface area contributed by atoms with Crippen LogP contribution in [0.4, 0.5) is 5.69 Å². The molecule has 3 rings (SSSR count). The van der Waals surface area contributed by atoms with Crippen LogP contribution in [0.5, 0.6) is 11.5 Å². The van der Waals surface area contributed by atoms with Gasteiger partial charge in [-0.05, 0) is 36.8 Å².